The third kappa shape index (κ3) is 4.16. The van der Waals surface area contributed by atoms with E-state index in [0.717, 1.165) is 15.9 Å². The topological polar surface area (TPSA) is 43.4 Å². The molecule has 0 spiro atoms. The van der Waals surface area contributed by atoms with Crippen LogP contribution in [0.5, 0.6) is 0 Å². The van der Waals surface area contributed by atoms with Crippen LogP contribution in [0.1, 0.15) is 6.92 Å². The minimum absolute atomic E-state index is 0.126. The Bertz CT molecular complexity index is 965. The Morgan fingerprint density at radius 1 is 0.690 bits per heavy atom. The lowest BCUT2D eigenvalue weighted by Crippen LogP contribution is -2.33. The third-order valence-electron chi connectivity index (χ3n) is 4.66. The molecule has 3 aromatic rings. The van der Waals surface area contributed by atoms with Gasteiger partial charge in [0.05, 0.1) is 12.4 Å². The standard InChI is InChI=1S/C25H23O3P/c1-20(26)18-19-24(25(27)28-2)29(21-12-6-3-7-13-21,22-14-8-4-9-15-22)23-16-10-5-11-17-23/h3-19H,1-2H3/b19-18+. The van der Waals surface area contributed by atoms with Crippen LogP contribution in [0.4, 0.5) is 0 Å². The van der Waals surface area contributed by atoms with Crippen molar-refractivity contribution in [1.82, 2.24) is 0 Å². The van der Waals surface area contributed by atoms with E-state index in [-0.39, 0.29) is 5.78 Å². The summed E-state index contributed by atoms with van der Waals surface area (Å²) in [6, 6.07) is 29.9. The molecule has 29 heavy (non-hydrogen) atoms. The van der Waals surface area contributed by atoms with Crippen molar-refractivity contribution in [3.63, 3.8) is 0 Å². The molecule has 3 nitrogen and oxygen atoms in total. The molecule has 0 aliphatic heterocycles. The van der Waals surface area contributed by atoms with E-state index < -0.39 is 12.9 Å². The molecule has 0 saturated carbocycles. The van der Waals surface area contributed by atoms with Gasteiger partial charge >= 0.3 is 5.97 Å². The molecule has 0 atom stereocenters. The first-order valence-corrected chi connectivity index (χ1v) is 11.1. The maximum atomic E-state index is 13.1. The van der Waals surface area contributed by atoms with Gasteiger partial charge in [-0.2, -0.15) is 0 Å². The van der Waals surface area contributed by atoms with E-state index in [9.17, 15) is 9.59 Å². The third-order valence-corrected chi connectivity index (χ3v) is 8.93. The van der Waals surface area contributed by atoms with Gasteiger partial charge in [0, 0.05) is 0 Å². The quantitative estimate of drug-likeness (QED) is 0.360. The fourth-order valence-corrected chi connectivity index (χ4v) is 7.69. The first-order chi connectivity index (χ1) is 14.1. The van der Waals surface area contributed by atoms with Crippen molar-refractivity contribution in [2.75, 3.05) is 7.11 Å². The maximum absolute atomic E-state index is 13.1. The zero-order valence-electron chi connectivity index (χ0n) is 16.5. The summed E-state index contributed by atoms with van der Waals surface area (Å²) < 4.78 is 5.20. The highest BCUT2D eigenvalue weighted by Gasteiger charge is 2.32. The van der Waals surface area contributed by atoms with Crippen molar-refractivity contribution in [1.29, 1.82) is 0 Å². The van der Waals surface area contributed by atoms with Gasteiger partial charge in [0.25, 0.3) is 0 Å². The van der Waals surface area contributed by atoms with Crippen LogP contribution in [0.3, 0.4) is 0 Å². The van der Waals surface area contributed by atoms with Gasteiger partial charge in [-0.3, -0.25) is 4.79 Å². The number of rotatable bonds is 6. The zero-order chi connectivity index (χ0) is 20.7. The van der Waals surface area contributed by atoms with Crippen LogP contribution >= 0.6 is 6.89 Å². The number of hydrogen-bond donors (Lipinski definition) is 0. The van der Waals surface area contributed by atoms with E-state index in [1.165, 1.54) is 20.1 Å². The van der Waals surface area contributed by atoms with Crippen LogP contribution in [0.25, 0.3) is 0 Å². The summed E-state index contributed by atoms with van der Waals surface area (Å²) >= 11 is 0. The fourth-order valence-electron chi connectivity index (χ4n) is 3.44. The number of carbonyl (C=O) groups is 2. The molecule has 4 heteroatoms. The van der Waals surface area contributed by atoms with Gasteiger partial charge in [-0.05, 0) is 41.9 Å². The molecule has 0 unspecified atom stereocenters. The van der Waals surface area contributed by atoms with Gasteiger partial charge in [0.2, 0.25) is 0 Å². The minimum Gasteiger partial charge on any atom is -0.465 e. The largest absolute Gasteiger partial charge is 0.465 e. The molecule has 0 aromatic heterocycles. The van der Waals surface area contributed by atoms with E-state index in [1.54, 1.807) is 6.08 Å². The van der Waals surface area contributed by atoms with Crippen LogP contribution in [-0.4, -0.2) is 24.2 Å². The molecule has 0 bridgehead atoms. The summed E-state index contributed by atoms with van der Waals surface area (Å²) in [6.07, 6.45) is 3.07. The van der Waals surface area contributed by atoms with Gasteiger partial charge < -0.3 is 4.74 Å². The number of hydrogen-bond acceptors (Lipinski definition) is 3. The summed E-state index contributed by atoms with van der Waals surface area (Å²) in [4.78, 5) is 24.9. The highest BCUT2D eigenvalue weighted by Crippen LogP contribution is 2.46. The molecule has 0 amide bonds. The molecule has 146 valence electrons. The molecule has 0 N–H and O–H groups in total. The molecular formula is C25H23O3P. The van der Waals surface area contributed by atoms with Crippen molar-refractivity contribution in [3.8, 4) is 0 Å². The first-order valence-electron chi connectivity index (χ1n) is 9.31. The summed E-state index contributed by atoms with van der Waals surface area (Å²) in [7, 11) is 1.37. The van der Waals surface area contributed by atoms with Crippen molar-refractivity contribution >= 4 is 39.8 Å². The van der Waals surface area contributed by atoms with Crippen molar-refractivity contribution in [2.45, 2.75) is 6.92 Å². The number of ketones is 1. The molecule has 0 radical (unpaired) electrons. The summed E-state index contributed by atoms with van der Waals surface area (Å²) in [6.45, 7) is -1.12. The lowest BCUT2D eigenvalue weighted by Gasteiger charge is -2.31. The van der Waals surface area contributed by atoms with Crippen LogP contribution in [0.15, 0.2) is 103 Å². The Hall–Kier alpha value is -3.16. The molecule has 0 saturated heterocycles. The van der Waals surface area contributed by atoms with Crippen LogP contribution in [0, 0.1) is 0 Å². The number of ether oxygens (including phenoxy) is 1. The summed E-state index contributed by atoms with van der Waals surface area (Å²) in [5.74, 6) is -0.564. The van der Waals surface area contributed by atoms with Crippen molar-refractivity contribution in [3.05, 3.63) is 103 Å². The Morgan fingerprint density at radius 3 is 1.38 bits per heavy atom. The highest BCUT2D eigenvalue weighted by molar-refractivity contribution is 7.96. The normalized spacial score (nSPS) is 11.2. The molecule has 3 rings (SSSR count). The first kappa shape index (κ1) is 20.6. The van der Waals surface area contributed by atoms with E-state index in [4.69, 9.17) is 4.74 Å². The fraction of sp³-hybridized carbons (Fsp3) is 0.0800. The van der Waals surface area contributed by atoms with Crippen LogP contribution in [-0.2, 0) is 14.3 Å². The Balaban J connectivity index is 2.61. The SMILES string of the molecule is COC(=O)C(/C=C/C(C)=O)=P(c1ccccc1)(c1ccccc1)c1ccccc1. The zero-order valence-corrected chi connectivity index (χ0v) is 17.4. The minimum atomic E-state index is -2.59. The van der Waals surface area contributed by atoms with E-state index in [0.29, 0.717) is 5.29 Å². The van der Waals surface area contributed by atoms with E-state index >= 15 is 0 Å². The molecule has 0 aliphatic carbocycles. The molecule has 0 heterocycles. The number of carbonyl (C=O) groups excluding carboxylic acids is 2. The average Bonchev–Trinajstić information content (AvgIpc) is 2.78. The second kappa shape index (κ2) is 9.36. The Morgan fingerprint density at radius 2 is 1.07 bits per heavy atom. The van der Waals surface area contributed by atoms with Gasteiger partial charge in [-0.1, -0.05) is 91.0 Å². The number of benzene rings is 3. The maximum Gasteiger partial charge on any atom is 0.338 e. The Kier molecular flexibility index (Phi) is 6.64. The lowest BCUT2D eigenvalue weighted by molar-refractivity contribution is -0.132. The predicted molar refractivity (Wildman–Crippen MR) is 122 cm³/mol. The molecule has 0 fully saturated rings. The molecular weight excluding hydrogens is 379 g/mol. The summed E-state index contributed by atoms with van der Waals surface area (Å²) in [5.41, 5.74) is 0. The van der Waals surface area contributed by atoms with Crippen molar-refractivity contribution < 1.29 is 14.3 Å². The number of methoxy groups -OCH3 is 1. The van der Waals surface area contributed by atoms with Gasteiger partial charge in [-0.15, -0.1) is 0 Å². The van der Waals surface area contributed by atoms with Crippen molar-refractivity contribution in [2.24, 2.45) is 0 Å². The second-order valence-corrected chi connectivity index (χ2v) is 9.87. The predicted octanol–water partition coefficient (Wildman–Crippen LogP) is 3.47. The highest BCUT2D eigenvalue weighted by atomic mass is 31.2. The van der Waals surface area contributed by atoms with Gasteiger partial charge in [0.15, 0.2) is 5.78 Å². The number of esters is 1. The van der Waals surface area contributed by atoms with Gasteiger partial charge in [-0.25, -0.2) is 4.79 Å². The van der Waals surface area contributed by atoms with Gasteiger partial charge in [0.1, 0.15) is 0 Å². The smallest absolute Gasteiger partial charge is 0.338 e. The van der Waals surface area contributed by atoms with E-state index in [1.807, 2.05) is 91.0 Å². The van der Waals surface area contributed by atoms with E-state index in [2.05, 4.69) is 0 Å². The summed E-state index contributed by atoms with van der Waals surface area (Å²) in [5, 5.41) is 3.54. The Labute approximate surface area is 171 Å². The molecule has 3 aromatic carbocycles. The average molecular weight is 402 g/mol. The lowest BCUT2D eigenvalue weighted by atomic mass is 10.3. The second-order valence-electron chi connectivity index (χ2n) is 6.50. The molecule has 0 aliphatic rings. The monoisotopic (exact) mass is 402 g/mol. The number of allylic oxidation sites excluding steroid dienone is 1. The van der Waals surface area contributed by atoms with Crippen LogP contribution in [0.2, 0.25) is 0 Å². The van der Waals surface area contributed by atoms with Crippen LogP contribution < -0.4 is 15.9 Å².